The van der Waals surface area contributed by atoms with Crippen LogP contribution in [0, 0.1) is 11.3 Å². The lowest BCUT2D eigenvalue weighted by Crippen LogP contribution is -2.56. The largest absolute Gasteiger partial charge is 0.465 e. The van der Waals surface area contributed by atoms with Crippen LogP contribution in [0.3, 0.4) is 0 Å². The standard InChI is InChI=1S/C21H25NO7/c1-3-26-19(24)21(20(25)27-4-2)8-7-13-10-16(23)22-18(13)17(21)12-5-6-14-15(9-12)29-11-28-14/h5-6,9,13,17-18H,3-4,7-8,10-11H2,1-2H3,(H,22,23)/t13-,17-,18+/m0/s1. The van der Waals surface area contributed by atoms with Gasteiger partial charge in [-0.05, 0) is 50.3 Å². The minimum absolute atomic E-state index is 0.0369. The minimum Gasteiger partial charge on any atom is -0.465 e. The Hall–Kier alpha value is -2.77. The predicted molar refractivity (Wildman–Crippen MR) is 100 cm³/mol. The third-order valence-corrected chi connectivity index (χ3v) is 6.12. The van der Waals surface area contributed by atoms with Crippen molar-refractivity contribution in [1.82, 2.24) is 5.32 Å². The molecule has 1 aliphatic carbocycles. The summed E-state index contributed by atoms with van der Waals surface area (Å²) < 4.78 is 21.6. The van der Waals surface area contributed by atoms with Gasteiger partial charge in [-0.15, -0.1) is 0 Å². The Bertz CT molecular complexity index is 818. The molecule has 2 fully saturated rings. The number of ether oxygens (including phenoxy) is 4. The molecule has 1 saturated heterocycles. The number of amides is 1. The van der Waals surface area contributed by atoms with Gasteiger partial charge in [-0.2, -0.15) is 0 Å². The van der Waals surface area contributed by atoms with Crippen LogP contribution < -0.4 is 14.8 Å². The summed E-state index contributed by atoms with van der Waals surface area (Å²) in [5, 5.41) is 2.99. The Morgan fingerprint density at radius 1 is 1.14 bits per heavy atom. The molecule has 1 saturated carbocycles. The molecule has 8 nitrogen and oxygen atoms in total. The van der Waals surface area contributed by atoms with E-state index in [0.717, 1.165) is 0 Å². The van der Waals surface area contributed by atoms with Crippen LogP contribution in [0.15, 0.2) is 18.2 Å². The van der Waals surface area contributed by atoms with Crippen molar-refractivity contribution in [2.45, 2.75) is 45.1 Å². The van der Waals surface area contributed by atoms with Gasteiger partial charge < -0.3 is 24.3 Å². The number of esters is 2. The summed E-state index contributed by atoms with van der Waals surface area (Å²) >= 11 is 0. The van der Waals surface area contributed by atoms with Crippen molar-refractivity contribution < 1.29 is 33.3 Å². The van der Waals surface area contributed by atoms with Gasteiger partial charge in [0.1, 0.15) is 0 Å². The van der Waals surface area contributed by atoms with E-state index in [4.69, 9.17) is 18.9 Å². The monoisotopic (exact) mass is 403 g/mol. The van der Waals surface area contributed by atoms with Crippen LogP contribution in [-0.4, -0.2) is 43.9 Å². The minimum atomic E-state index is -1.53. The molecule has 0 unspecified atom stereocenters. The fraction of sp³-hybridized carbons (Fsp3) is 0.571. The highest BCUT2D eigenvalue weighted by molar-refractivity contribution is 6.02. The molecule has 8 heteroatoms. The summed E-state index contributed by atoms with van der Waals surface area (Å²) in [7, 11) is 0. The molecule has 0 spiro atoms. The molecule has 1 aromatic rings. The summed E-state index contributed by atoms with van der Waals surface area (Å²) in [5.74, 6) is -0.726. The number of fused-ring (bicyclic) bond motifs is 2. The van der Waals surface area contributed by atoms with Crippen molar-refractivity contribution in [2.24, 2.45) is 11.3 Å². The maximum Gasteiger partial charge on any atom is 0.324 e. The van der Waals surface area contributed by atoms with E-state index < -0.39 is 23.3 Å². The molecule has 3 aliphatic rings. The summed E-state index contributed by atoms with van der Waals surface area (Å²) in [6, 6.07) is 5.00. The number of carbonyl (C=O) groups is 3. The van der Waals surface area contributed by atoms with E-state index in [1.165, 1.54) is 0 Å². The number of rotatable bonds is 5. The average Bonchev–Trinajstić information content (AvgIpc) is 3.31. The second kappa shape index (κ2) is 7.57. The number of nitrogens with one attached hydrogen (secondary N) is 1. The van der Waals surface area contributed by atoms with E-state index in [0.29, 0.717) is 29.9 Å². The molecular weight excluding hydrogens is 378 g/mol. The van der Waals surface area contributed by atoms with Gasteiger partial charge in [0.05, 0.1) is 13.2 Å². The third kappa shape index (κ3) is 3.10. The van der Waals surface area contributed by atoms with Crippen LogP contribution in [-0.2, 0) is 23.9 Å². The Balaban J connectivity index is 1.85. The van der Waals surface area contributed by atoms with Crippen molar-refractivity contribution in [3.8, 4) is 11.5 Å². The zero-order chi connectivity index (χ0) is 20.6. The summed E-state index contributed by atoms with van der Waals surface area (Å²) in [5.41, 5.74) is -0.814. The molecule has 0 aromatic heterocycles. The van der Waals surface area contributed by atoms with Gasteiger partial charge in [0.15, 0.2) is 16.9 Å². The molecule has 1 N–H and O–H groups in total. The maximum absolute atomic E-state index is 13.2. The molecule has 1 aromatic carbocycles. The highest BCUT2D eigenvalue weighted by atomic mass is 16.7. The number of carbonyl (C=O) groups excluding carboxylic acids is 3. The first-order valence-electron chi connectivity index (χ1n) is 10.0. The summed E-state index contributed by atoms with van der Waals surface area (Å²) in [6.07, 6.45) is 1.20. The highest BCUT2D eigenvalue weighted by Crippen LogP contribution is 2.54. The van der Waals surface area contributed by atoms with Crippen LogP contribution in [0.25, 0.3) is 0 Å². The second-order valence-corrected chi connectivity index (χ2v) is 7.60. The van der Waals surface area contributed by atoms with Crippen LogP contribution in [0.2, 0.25) is 0 Å². The van der Waals surface area contributed by atoms with Crippen molar-refractivity contribution in [3.63, 3.8) is 0 Å². The van der Waals surface area contributed by atoms with Gasteiger partial charge in [0.2, 0.25) is 12.7 Å². The molecule has 29 heavy (non-hydrogen) atoms. The van der Waals surface area contributed by atoms with E-state index in [1.807, 2.05) is 6.07 Å². The van der Waals surface area contributed by atoms with E-state index in [2.05, 4.69) is 5.32 Å². The Morgan fingerprint density at radius 3 is 2.52 bits per heavy atom. The Kier molecular flexibility index (Phi) is 5.10. The molecule has 156 valence electrons. The van der Waals surface area contributed by atoms with Gasteiger partial charge in [-0.25, -0.2) is 0 Å². The van der Waals surface area contributed by atoms with E-state index in [9.17, 15) is 14.4 Å². The molecule has 0 radical (unpaired) electrons. The van der Waals surface area contributed by atoms with Gasteiger partial charge in [0, 0.05) is 18.4 Å². The zero-order valence-corrected chi connectivity index (χ0v) is 16.6. The van der Waals surface area contributed by atoms with E-state index >= 15 is 0 Å². The van der Waals surface area contributed by atoms with Gasteiger partial charge in [0.25, 0.3) is 0 Å². The number of hydrogen-bond acceptors (Lipinski definition) is 7. The lowest BCUT2D eigenvalue weighted by atomic mass is 9.58. The quantitative estimate of drug-likeness (QED) is 0.592. The number of hydrogen-bond donors (Lipinski definition) is 1. The normalized spacial score (nSPS) is 26.4. The first-order chi connectivity index (χ1) is 14.0. The van der Waals surface area contributed by atoms with Crippen LogP contribution >= 0.6 is 0 Å². The molecule has 1 amide bonds. The van der Waals surface area contributed by atoms with Crippen LogP contribution in [0.5, 0.6) is 11.5 Å². The van der Waals surface area contributed by atoms with Crippen molar-refractivity contribution >= 4 is 17.8 Å². The lowest BCUT2D eigenvalue weighted by Gasteiger charge is -2.45. The lowest BCUT2D eigenvalue weighted by molar-refractivity contribution is -0.178. The molecule has 0 bridgehead atoms. The smallest absolute Gasteiger partial charge is 0.324 e. The van der Waals surface area contributed by atoms with Crippen molar-refractivity contribution in [3.05, 3.63) is 23.8 Å². The van der Waals surface area contributed by atoms with E-state index in [1.54, 1.807) is 26.0 Å². The predicted octanol–water partition coefficient (Wildman–Crippen LogP) is 1.91. The molecule has 2 heterocycles. The maximum atomic E-state index is 13.2. The molecule has 4 rings (SSSR count). The molecular formula is C21H25NO7. The van der Waals surface area contributed by atoms with Crippen molar-refractivity contribution in [2.75, 3.05) is 20.0 Å². The molecule has 3 atom stereocenters. The first-order valence-corrected chi connectivity index (χ1v) is 10.0. The topological polar surface area (TPSA) is 100 Å². The Morgan fingerprint density at radius 2 is 1.83 bits per heavy atom. The van der Waals surface area contributed by atoms with Crippen LogP contribution in [0.4, 0.5) is 0 Å². The third-order valence-electron chi connectivity index (χ3n) is 6.12. The summed E-state index contributed by atoms with van der Waals surface area (Å²) in [4.78, 5) is 38.7. The average molecular weight is 403 g/mol. The van der Waals surface area contributed by atoms with Crippen molar-refractivity contribution in [1.29, 1.82) is 0 Å². The summed E-state index contributed by atoms with van der Waals surface area (Å²) in [6.45, 7) is 3.82. The van der Waals surface area contributed by atoms with E-state index in [-0.39, 0.29) is 44.3 Å². The molecule has 2 aliphatic heterocycles. The second-order valence-electron chi connectivity index (χ2n) is 7.60. The SMILES string of the molecule is CCOC(=O)C1(C(=O)OCC)CC[C@H]2CC(=O)N[C@H]2[C@@H]1c1ccc2c(c1)OCO2. The first kappa shape index (κ1) is 19.5. The van der Waals surface area contributed by atoms with Gasteiger partial charge >= 0.3 is 11.9 Å². The fourth-order valence-electron chi connectivity index (χ4n) is 4.90. The fourth-order valence-corrected chi connectivity index (χ4v) is 4.90. The Labute approximate surface area is 168 Å². The van der Waals surface area contributed by atoms with Gasteiger partial charge in [-0.1, -0.05) is 6.07 Å². The number of benzene rings is 1. The van der Waals surface area contributed by atoms with Gasteiger partial charge in [-0.3, -0.25) is 14.4 Å². The zero-order valence-electron chi connectivity index (χ0n) is 16.6. The van der Waals surface area contributed by atoms with Crippen LogP contribution in [0.1, 0.15) is 44.6 Å². The highest BCUT2D eigenvalue weighted by Gasteiger charge is 2.62.